The van der Waals surface area contributed by atoms with E-state index < -0.39 is 6.04 Å². The number of anilines is 2. The molecule has 0 spiro atoms. The molecule has 0 radical (unpaired) electrons. The Hall–Kier alpha value is -4.93. The summed E-state index contributed by atoms with van der Waals surface area (Å²) in [5, 5.41) is 7.58. The third kappa shape index (κ3) is 5.73. The Bertz CT molecular complexity index is 1550. The number of nitrogens with one attached hydrogen (secondary N) is 1. The molecule has 1 aliphatic heterocycles. The van der Waals surface area contributed by atoms with Gasteiger partial charge in [-0.15, -0.1) is 5.10 Å². The van der Waals surface area contributed by atoms with E-state index in [-0.39, 0.29) is 23.6 Å². The van der Waals surface area contributed by atoms with Crippen LogP contribution < -0.4 is 15.8 Å². The van der Waals surface area contributed by atoms with Crippen molar-refractivity contribution in [1.29, 1.82) is 0 Å². The Morgan fingerprint density at radius 2 is 1.75 bits per heavy atom. The second-order valence-corrected chi connectivity index (χ2v) is 9.81. The predicted molar refractivity (Wildman–Crippen MR) is 149 cm³/mol. The average Bonchev–Trinajstić information content (AvgIpc) is 3.68. The number of nitrogen functional groups attached to an aromatic ring is 1. The van der Waals surface area contributed by atoms with Gasteiger partial charge in [0.1, 0.15) is 11.8 Å². The maximum absolute atomic E-state index is 13.8. The zero-order chi connectivity index (χ0) is 27.3. The van der Waals surface area contributed by atoms with E-state index in [1.807, 2.05) is 65.6 Å². The van der Waals surface area contributed by atoms with Crippen LogP contribution in [-0.2, 0) is 11.2 Å². The zero-order valence-corrected chi connectivity index (χ0v) is 21.9. The van der Waals surface area contributed by atoms with Gasteiger partial charge in [-0.2, -0.15) is 19.5 Å². The number of likely N-dealkylation sites (tertiary alicyclic amines) is 1. The lowest BCUT2D eigenvalue weighted by Crippen LogP contribution is -2.48. The molecule has 2 aromatic carbocycles. The lowest BCUT2D eigenvalue weighted by molar-refractivity contribution is -0.133. The molecule has 0 aliphatic carbocycles. The Labute approximate surface area is 231 Å². The maximum atomic E-state index is 13.8. The van der Waals surface area contributed by atoms with Crippen LogP contribution in [0.2, 0.25) is 0 Å². The first-order valence-electron chi connectivity index (χ1n) is 13.3. The highest BCUT2D eigenvalue weighted by atomic mass is 16.5. The first kappa shape index (κ1) is 25.4. The van der Waals surface area contributed by atoms with E-state index in [1.54, 1.807) is 18.4 Å². The van der Waals surface area contributed by atoms with Crippen molar-refractivity contribution in [3.8, 4) is 17.3 Å². The van der Waals surface area contributed by atoms with Gasteiger partial charge in [0.25, 0.3) is 5.78 Å². The van der Waals surface area contributed by atoms with Crippen molar-refractivity contribution in [2.24, 2.45) is 5.92 Å². The molecule has 1 atom stereocenters. The van der Waals surface area contributed by atoms with Crippen LogP contribution in [0.4, 0.5) is 11.9 Å². The van der Waals surface area contributed by atoms with Gasteiger partial charge >= 0.3 is 0 Å². The highest BCUT2D eigenvalue weighted by Gasteiger charge is 2.30. The molecule has 0 saturated carbocycles. The first-order chi connectivity index (χ1) is 19.6. The molecule has 0 bridgehead atoms. The van der Waals surface area contributed by atoms with E-state index in [2.05, 4.69) is 25.4 Å². The molecule has 1 aliphatic rings. The summed E-state index contributed by atoms with van der Waals surface area (Å²) in [7, 11) is 0. The smallest absolute Gasteiger partial charge is 0.259 e. The van der Waals surface area contributed by atoms with Crippen LogP contribution in [0, 0.1) is 5.92 Å². The second kappa shape index (κ2) is 11.4. The topological polar surface area (TPSA) is 137 Å². The Morgan fingerprint density at radius 3 is 2.48 bits per heavy atom. The van der Waals surface area contributed by atoms with Gasteiger partial charge < -0.3 is 25.1 Å². The second-order valence-electron chi connectivity index (χ2n) is 9.81. The van der Waals surface area contributed by atoms with Crippen LogP contribution in [0.1, 0.15) is 18.4 Å². The normalized spacial score (nSPS) is 14.8. The minimum Gasteiger partial charge on any atom is -0.493 e. The lowest BCUT2D eigenvalue weighted by atomic mass is 9.96. The summed E-state index contributed by atoms with van der Waals surface area (Å²) >= 11 is 0. The van der Waals surface area contributed by atoms with E-state index in [4.69, 9.17) is 14.9 Å². The molecule has 0 unspecified atom stereocenters. The molecular formula is C29H30N8O3. The SMILES string of the molecule is Nc1nc(N[C@@H](Cc2ccccc2)C(=O)N2CCC(COc3ccccc3)CC2)nc2nc(-c3ccco3)nn12. The van der Waals surface area contributed by atoms with Crippen molar-refractivity contribution < 1.29 is 13.9 Å². The minimum absolute atomic E-state index is 0.00827. The number of carbonyl (C=O) groups is 1. The fourth-order valence-electron chi connectivity index (χ4n) is 4.86. The molecule has 5 aromatic rings. The number of nitrogens with zero attached hydrogens (tertiary/aromatic N) is 6. The first-order valence-corrected chi connectivity index (χ1v) is 13.3. The van der Waals surface area contributed by atoms with Gasteiger partial charge in [0.15, 0.2) is 5.76 Å². The molecule has 4 heterocycles. The van der Waals surface area contributed by atoms with E-state index >= 15 is 0 Å². The molecule has 1 fully saturated rings. The quantitative estimate of drug-likeness (QED) is 0.288. The zero-order valence-electron chi connectivity index (χ0n) is 21.9. The number of aromatic nitrogens is 5. The molecule has 3 N–H and O–H groups in total. The van der Waals surface area contributed by atoms with Gasteiger partial charge in [0.2, 0.25) is 23.6 Å². The van der Waals surface area contributed by atoms with E-state index in [9.17, 15) is 4.79 Å². The number of piperidine rings is 1. The number of furan rings is 1. The van der Waals surface area contributed by atoms with Crippen LogP contribution in [0.3, 0.4) is 0 Å². The van der Waals surface area contributed by atoms with Gasteiger partial charge in [-0.1, -0.05) is 48.5 Å². The van der Waals surface area contributed by atoms with Gasteiger partial charge in [-0.05, 0) is 48.6 Å². The number of benzene rings is 2. The summed E-state index contributed by atoms with van der Waals surface area (Å²) in [5.74, 6) is 2.66. The van der Waals surface area contributed by atoms with Crippen LogP contribution in [0.25, 0.3) is 17.4 Å². The summed E-state index contributed by atoms with van der Waals surface area (Å²) in [5.41, 5.74) is 7.21. The van der Waals surface area contributed by atoms with Crippen molar-refractivity contribution >= 4 is 23.6 Å². The van der Waals surface area contributed by atoms with E-state index in [0.717, 1.165) is 24.2 Å². The summed E-state index contributed by atoms with van der Waals surface area (Å²) < 4.78 is 12.7. The molecule has 11 nitrogen and oxygen atoms in total. The number of rotatable bonds is 9. The number of hydrogen-bond acceptors (Lipinski definition) is 9. The van der Waals surface area contributed by atoms with Crippen molar-refractivity contribution in [2.75, 3.05) is 30.7 Å². The molecule has 1 amide bonds. The average molecular weight is 539 g/mol. The Morgan fingerprint density at radius 1 is 1.00 bits per heavy atom. The number of amides is 1. The molecule has 1 saturated heterocycles. The third-order valence-electron chi connectivity index (χ3n) is 7.01. The number of hydrogen-bond donors (Lipinski definition) is 2. The van der Waals surface area contributed by atoms with Crippen LogP contribution in [-0.4, -0.2) is 61.1 Å². The Kier molecular flexibility index (Phi) is 7.25. The fourth-order valence-corrected chi connectivity index (χ4v) is 4.86. The van der Waals surface area contributed by atoms with E-state index in [1.165, 1.54) is 4.52 Å². The summed E-state index contributed by atoms with van der Waals surface area (Å²) in [6, 6.07) is 22.6. The predicted octanol–water partition coefficient (Wildman–Crippen LogP) is 3.70. The number of carbonyl (C=O) groups excluding carboxylic acids is 1. The van der Waals surface area contributed by atoms with Crippen molar-refractivity contribution in [3.63, 3.8) is 0 Å². The highest BCUT2D eigenvalue weighted by molar-refractivity contribution is 5.84. The van der Waals surface area contributed by atoms with Crippen LogP contribution in [0.5, 0.6) is 5.75 Å². The molecular weight excluding hydrogens is 508 g/mol. The number of fused-ring (bicyclic) bond motifs is 1. The molecule has 3 aromatic heterocycles. The number of ether oxygens (including phenoxy) is 1. The van der Waals surface area contributed by atoms with Gasteiger partial charge in [0, 0.05) is 19.5 Å². The molecule has 11 heteroatoms. The molecule has 204 valence electrons. The van der Waals surface area contributed by atoms with Crippen molar-refractivity contribution in [3.05, 3.63) is 84.6 Å². The number of nitrogens with two attached hydrogens (primary N) is 1. The van der Waals surface area contributed by atoms with E-state index in [0.29, 0.717) is 43.6 Å². The summed E-state index contributed by atoms with van der Waals surface area (Å²) in [6.07, 6.45) is 3.76. The van der Waals surface area contributed by atoms with Crippen LogP contribution in [0.15, 0.2) is 83.5 Å². The fraction of sp³-hybridized carbons (Fsp3) is 0.276. The van der Waals surface area contributed by atoms with Crippen LogP contribution >= 0.6 is 0 Å². The monoisotopic (exact) mass is 538 g/mol. The highest BCUT2D eigenvalue weighted by Crippen LogP contribution is 2.22. The van der Waals surface area contributed by atoms with Crippen molar-refractivity contribution in [1.82, 2.24) is 29.5 Å². The van der Waals surface area contributed by atoms with Crippen molar-refractivity contribution in [2.45, 2.75) is 25.3 Å². The van der Waals surface area contributed by atoms with Gasteiger partial charge in [-0.25, -0.2) is 0 Å². The standard InChI is InChI=1S/C29H30N8O3/c30-27-33-28(34-29-32-25(35-37(27)29)24-12-7-17-39-24)31-23(18-20-8-3-1-4-9-20)26(38)36-15-13-21(14-16-36)19-40-22-10-5-2-6-11-22/h1-12,17,21,23H,13-16,18-19H2,(H3,30,31,32,33,34,35)/t23-/m0/s1. The van der Waals surface area contributed by atoms with Gasteiger partial charge in [0.05, 0.1) is 12.9 Å². The largest absolute Gasteiger partial charge is 0.493 e. The third-order valence-corrected chi connectivity index (χ3v) is 7.01. The Balaban J connectivity index is 1.17. The maximum Gasteiger partial charge on any atom is 0.259 e. The molecule has 40 heavy (non-hydrogen) atoms. The number of para-hydroxylation sites is 1. The summed E-state index contributed by atoms with van der Waals surface area (Å²) in [6.45, 7) is 1.96. The van der Waals surface area contributed by atoms with Gasteiger partial charge in [-0.3, -0.25) is 4.79 Å². The summed E-state index contributed by atoms with van der Waals surface area (Å²) in [4.78, 5) is 29.0. The lowest BCUT2D eigenvalue weighted by Gasteiger charge is -2.34. The molecule has 6 rings (SSSR count). The minimum atomic E-state index is -0.589.